The highest BCUT2D eigenvalue weighted by atomic mass is 16.5. The average molecular weight is 306 g/mol. The largest absolute Gasteiger partial charge is 0.480 e. The van der Waals surface area contributed by atoms with Gasteiger partial charge in [0.05, 0.1) is 32.5 Å². The van der Waals surface area contributed by atoms with Gasteiger partial charge >= 0.3 is 5.97 Å². The molecule has 0 rings (SSSR count). The number of carbonyl (C=O) groups is 2. The lowest BCUT2D eigenvalue weighted by Crippen LogP contribution is -2.35. The summed E-state index contributed by atoms with van der Waals surface area (Å²) in [6, 6.07) is -1.56. The highest BCUT2D eigenvalue weighted by Gasteiger charge is 2.16. The maximum atomic E-state index is 11.6. The van der Waals surface area contributed by atoms with Gasteiger partial charge in [0.15, 0.2) is 5.78 Å². The number of methoxy groups -OCH3 is 1. The van der Waals surface area contributed by atoms with Gasteiger partial charge in [0.2, 0.25) is 0 Å². The number of carboxylic acid groups (broad SMARTS) is 1. The summed E-state index contributed by atoms with van der Waals surface area (Å²) in [5.41, 5.74) is 11.0. The van der Waals surface area contributed by atoms with Crippen molar-refractivity contribution in [3.8, 4) is 0 Å². The smallest absolute Gasteiger partial charge is 0.320 e. The Kier molecular flexibility index (Phi) is 12.0. The number of hydrogen-bond acceptors (Lipinski definition) is 7. The third-order valence-corrected chi connectivity index (χ3v) is 2.81. The first-order valence-corrected chi connectivity index (χ1v) is 6.90. The minimum Gasteiger partial charge on any atom is -0.480 e. The minimum atomic E-state index is -1.05. The Bertz CT molecular complexity index is 300. The summed E-state index contributed by atoms with van der Waals surface area (Å²) < 4.78 is 15.1. The summed E-state index contributed by atoms with van der Waals surface area (Å²) in [6.45, 7) is 1.63. The quantitative estimate of drug-likeness (QED) is 0.353. The molecular formula is C13H26N2O6. The lowest BCUT2D eigenvalue weighted by molar-refractivity contribution is -0.138. The molecule has 21 heavy (non-hydrogen) atoms. The summed E-state index contributed by atoms with van der Waals surface area (Å²) in [7, 11) is 1.59. The molecule has 0 amide bonds. The fourth-order valence-corrected chi connectivity index (χ4v) is 1.48. The lowest BCUT2D eigenvalue weighted by atomic mass is 10.0. The van der Waals surface area contributed by atoms with Crippen LogP contribution in [0.3, 0.4) is 0 Å². The van der Waals surface area contributed by atoms with Crippen molar-refractivity contribution in [3.63, 3.8) is 0 Å². The molecule has 0 heterocycles. The van der Waals surface area contributed by atoms with Crippen LogP contribution in [0.25, 0.3) is 0 Å². The highest BCUT2D eigenvalue weighted by molar-refractivity contribution is 5.84. The first kappa shape index (κ1) is 19.9. The number of Topliss-reactive ketones (excluding diaryl/α,β-unsaturated/α-hetero) is 1. The Morgan fingerprint density at radius 2 is 1.57 bits per heavy atom. The zero-order chi connectivity index (χ0) is 16.1. The first-order chi connectivity index (χ1) is 9.99. The Morgan fingerprint density at radius 3 is 2.19 bits per heavy atom. The first-order valence-electron chi connectivity index (χ1n) is 6.90. The molecule has 0 aromatic carbocycles. The van der Waals surface area contributed by atoms with Crippen LogP contribution < -0.4 is 11.5 Å². The zero-order valence-corrected chi connectivity index (χ0v) is 12.5. The van der Waals surface area contributed by atoms with E-state index in [1.807, 2.05) is 0 Å². The number of hydrogen-bond donors (Lipinski definition) is 3. The molecule has 0 saturated heterocycles. The molecule has 0 fully saturated rings. The van der Waals surface area contributed by atoms with Crippen molar-refractivity contribution in [2.24, 2.45) is 11.5 Å². The SMILES string of the molecule is COCCOCCOCC(=O)C(N)CCC[C@H](N)C(=O)O. The minimum absolute atomic E-state index is 0.0697. The number of rotatable bonds is 14. The fourth-order valence-electron chi connectivity index (χ4n) is 1.48. The van der Waals surface area contributed by atoms with Crippen molar-refractivity contribution in [1.29, 1.82) is 0 Å². The predicted octanol–water partition coefficient (Wildman–Crippen LogP) is -0.855. The fraction of sp³-hybridized carbons (Fsp3) is 0.846. The Labute approximate surface area is 124 Å². The number of aliphatic carboxylic acids is 1. The molecule has 5 N–H and O–H groups in total. The van der Waals surface area contributed by atoms with E-state index in [1.54, 1.807) is 7.11 Å². The molecule has 0 radical (unpaired) electrons. The molecule has 0 spiro atoms. The van der Waals surface area contributed by atoms with E-state index in [0.29, 0.717) is 45.7 Å². The van der Waals surface area contributed by atoms with Crippen LogP contribution in [0, 0.1) is 0 Å². The summed E-state index contributed by atoms with van der Waals surface area (Å²) in [6.07, 6.45) is 1.18. The normalized spacial score (nSPS) is 13.9. The van der Waals surface area contributed by atoms with Crippen molar-refractivity contribution in [2.75, 3.05) is 40.1 Å². The van der Waals surface area contributed by atoms with Crippen molar-refractivity contribution in [3.05, 3.63) is 0 Å². The monoisotopic (exact) mass is 306 g/mol. The van der Waals surface area contributed by atoms with Crippen LogP contribution in [0.5, 0.6) is 0 Å². The number of nitrogens with two attached hydrogens (primary N) is 2. The third kappa shape index (κ3) is 11.3. The van der Waals surface area contributed by atoms with Crippen molar-refractivity contribution < 1.29 is 28.9 Å². The van der Waals surface area contributed by atoms with E-state index in [4.69, 9.17) is 30.8 Å². The van der Waals surface area contributed by atoms with Gasteiger partial charge in [-0.1, -0.05) is 0 Å². The number of ether oxygens (including phenoxy) is 3. The Balaban J connectivity index is 3.55. The molecule has 0 saturated carbocycles. The van der Waals surface area contributed by atoms with Crippen LogP contribution in [-0.4, -0.2) is 69.1 Å². The topological polar surface area (TPSA) is 134 Å². The van der Waals surface area contributed by atoms with Gasteiger partial charge in [0.1, 0.15) is 12.6 Å². The molecule has 1 unspecified atom stereocenters. The third-order valence-electron chi connectivity index (χ3n) is 2.81. The molecule has 0 bridgehead atoms. The van der Waals surface area contributed by atoms with Crippen LogP contribution in [0.15, 0.2) is 0 Å². The molecule has 0 aliphatic heterocycles. The number of ketones is 1. The highest BCUT2D eigenvalue weighted by Crippen LogP contribution is 2.03. The standard InChI is InChI=1S/C13H26N2O6/c1-19-5-6-20-7-8-21-9-12(16)10(14)3-2-4-11(15)13(17)18/h10-11H,2-9,14-15H2,1H3,(H,17,18)/t10?,11-/m0/s1. The van der Waals surface area contributed by atoms with E-state index in [-0.39, 0.29) is 12.4 Å². The predicted molar refractivity (Wildman–Crippen MR) is 76.0 cm³/mol. The molecule has 0 aromatic rings. The molecule has 0 aliphatic rings. The Hall–Kier alpha value is -1.06. The zero-order valence-electron chi connectivity index (χ0n) is 12.5. The average Bonchev–Trinajstić information content (AvgIpc) is 2.45. The van der Waals surface area contributed by atoms with Gasteiger partial charge in [0, 0.05) is 7.11 Å². The van der Waals surface area contributed by atoms with Gasteiger partial charge in [-0.2, -0.15) is 0 Å². The molecule has 124 valence electrons. The number of carbonyl (C=O) groups excluding carboxylic acids is 1. The summed E-state index contributed by atoms with van der Waals surface area (Å²) in [5, 5.41) is 8.61. The molecule has 0 aliphatic carbocycles. The molecule has 8 nitrogen and oxygen atoms in total. The van der Waals surface area contributed by atoms with Crippen LogP contribution in [0.1, 0.15) is 19.3 Å². The molecule has 8 heteroatoms. The second-order valence-electron chi connectivity index (χ2n) is 4.61. The van der Waals surface area contributed by atoms with Gasteiger partial charge in [-0.25, -0.2) is 0 Å². The van der Waals surface area contributed by atoms with Crippen LogP contribution in [0.2, 0.25) is 0 Å². The van der Waals surface area contributed by atoms with Gasteiger partial charge in [-0.3, -0.25) is 9.59 Å². The van der Waals surface area contributed by atoms with Crippen molar-refractivity contribution >= 4 is 11.8 Å². The Morgan fingerprint density at radius 1 is 1.00 bits per heavy atom. The van der Waals surface area contributed by atoms with E-state index in [9.17, 15) is 9.59 Å². The lowest BCUT2D eigenvalue weighted by Gasteiger charge is -2.12. The van der Waals surface area contributed by atoms with Crippen molar-refractivity contribution in [2.45, 2.75) is 31.3 Å². The van der Waals surface area contributed by atoms with Gasteiger partial charge in [0.25, 0.3) is 0 Å². The maximum absolute atomic E-state index is 11.6. The van der Waals surface area contributed by atoms with E-state index in [1.165, 1.54) is 0 Å². The van der Waals surface area contributed by atoms with Crippen molar-refractivity contribution in [1.82, 2.24) is 0 Å². The second kappa shape index (κ2) is 12.7. The van der Waals surface area contributed by atoms with E-state index in [2.05, 4.69) is 0 Å². The molecular weight excluding hydrogens is 280 g/mol. The summed E-state index contributed by atoms with van der Waals surface area (Å²) in [5.74, 6) is -1.26. The molecule has 2 atom stereocenters. The van der Waals surface area contributed by atoms with Gasteiger partial charge in [-0.05, 0) is 19.3 Å². The summed E-state index contributed by atoms with van der Waals surface area (Å²) >= 11 is 0. The van der Waals surface area contributed by atoms with Crippen LogP contribution >= 0.6 is 0 Å². The molecule has 0 aromatic heterocycles. The maximum Gasteiger partial charge on any atom is 0.320 e. The van der Waals surface area contributed by atoms with Crippen LogP contribution in [-0.2, 0) is 23.8 Å². The van der Waals surface area contributed by atoms with E-state index >= 15 is 0 Å². The second-order valence-corrected chi connectivity index (χ2v) is 4.61. The van der Waals surface area contributed by atoms with Gasteiger partial charge in [-0.15, -0.1) is 0 Å². The van der Waals surface area contributed by atoms with E-state index < -0.39 is 18.1 Å². The summed E-state index contributed by atoms with van der Waals surface area (Å²) in [4.78, 5) is 22.1. The van der Waals surface area contributed by atoms with Gasteiger partial charge < -0.3 is 30.8 Å². The van der Waals surface area contributed by atoms with Crippen LogP contribution in [0.4, 0.5) is 0 Å². The van der Waals surface area contributed by atoms with E-state index in [0.717, 1.165) is 0 Å². The number of carboxylic acids is 1.